The lowest BCUT2D eigenvalue weighted by molar-refractivity contribution is -0.138. The van der Waals surface area contributed by atoms with E-state index in [-0.39, 0.29) is 17.6 Å². The van der Waals surface area contributed by atoms with Gasteiger partial charge in [0.2, 0.25) is 0 Å². The van der Waals surface area contributed by atoms with Gasteiger partial charge in [-0.05, 0) is 34.7 Å². The summed E-state index contributed by atoms with van der Waals surface area (Å²) >= 11 is 0. The fraction of sp³-hybridized carbons (Fsp3) is 0.304. The number of aromatic nitrogens is 1. The Hall–Kier alpha value is -3.08. The Kier molecular flexibility index (Phi) is 5.27. The van der Waals surface area contributed by atoms with Crippen molar-refractivity contribution in [2.24, 2.45) is 0 Å². The molecule has 0 aliphatic rings. The third-order valence-corrected chi connectivity index (χ3v) is 5.06. The summed E-state index contributed by atoms with van der Waals surface area (Å²) in [6, 6.07) is 12.9. The number of hydrogen-bond donors (Lipinski definition) is 2. The van der Waals surface area contributed by atoms with Crippen LogP contribution in [0.3, 0.4) is 0 Å². The van der Waals surface area contributed by atoms with Gasteiger partial charge in [0.15, 0.2) is 5.78 Å². The van der Waals surface area contributed by atoms with Crippen LogP contribution in [-0.2, 0) is 10.2 Å². The van der Waals surface area contributed by atoms with Crippen LogP contribution in [-0.4, -0.2) is 29.0 Å². The van der Waals surface area contributed by atoms with Crippen LogP contribution < -0.4 is 4.74 Å². The normalized spacial score (nSPS) is 12.7. The number of fused-ring (bicyclic) bond motifs is 1. The van der Waals surface area contributed by atoms with Gasteiger partial charge in [0.05, 0.1) is 13.0 Å². The van der Waals surface area contributed by atoms with E-state index in [0.717, 1.165) is 16.5 Å². The van der Waals surface area contributed by atoms with Crippen molar-refractivity contribution in [3.63, 3.8) is 0 Å². The Balaban J connectivity index is 1.90. The lowest BCUT2D eigenvalue weighted by atomic mass is 9.85. The lowest BCUT2D eigenvalue weighted by Crippen LogP contribution is -2.16. The molecule has 0 aliphatic carbocycles. The van der Waals surface area contributed by atoms with E-state index in [4.69, 9.17) is 4.74 Å². The number of rotatable bonds is 6. The van der Waals surface area contributed by atoms with E-state index in [9.17, 15) is 14.7 Å². The third kappa shape index (κ3) is 3.93. The van der Waals surface area contributed by atoms with Gasteiger partial charge in [-0.15, -0.1) is 0 Å². The fourth-order valence-corrected chi connectivity index (χ4v) is 3.33. The molecule has 0 saturated heterocycles. The van der Waals surface area contributed by atoms with Crippen LogP contribution in [0.1, 0.15) is 54.6 Å². The number of carboxylic acids is 1. The van der Waals surface area contributed by atoms with Gasteiger partial charge < -0.3 is 14.8 Å². The molecule has 1 unspecified atom stereocenters. The van der Waals surface area contributed by atoms with Crippen LogP contribution in [0, 0.1) is 0 Å². The molecule has 28 heavy (non-hydrogen) atoms. The van der Waals surface area contributed by atoms with Gasteiger partial charge in [-0.3, -0.25) is 9.59 Å². The largest absolute Gasteiger partial charge is 0.497 e. The number of carbonyl (C=O) groups is 2. The molecule has 2 aromatic carbocycles. The van der Waals surface area contributed by atoms with Crippen LogP contribution in [0.15, 0.2) is 48.7 Å². The maximum Gasteiger partial charge on any atom is 0.311 e. The van der Waals surface area contributed by atoms with Gasteiger partial charge in [0, 0.05) is 29.1 Å². The lowest BCUT2D eigenvalue weighted by Gasteiger charge is -2.19. The molecule has 1 aromatic heterocycles. The number of carboxylic acid groups (broad SMARTS) is 1. The number of H-pyrrole nitrogens is 1. The standard InChI is InChI=1S/C23H25NO4/c1-23(2,3)15-7-5-14(6-8-15)21(25)12-18(22(26)27)19-13-24-20-10-9-16(28-4)11-17(19)20/h5-11,13,18,24H,12H2,1-4H3,(H,26,27). The zero-order valence-electron chi connectivity index (χ0n) is 16.6. The number of Topliss-reactive ketones (excluding diaryl/α,β-unsaturated/α-hetero) is 1. The minimum atomic E-state index is -1.02. The number of methoxy groups -OCH3 is 1. The second kappa shape index (κ2) is 7.50. The predicted octanol–water partition coefficient (Wildman–Crippen LogP) is 4.92. The van der Waals surface area contributed by atoms with Crippen molar-refractivity contribution in [3.8, 4) is 5.75 Å². The molecular formula is C23H25NO4. The highest BCUT2D eigenvalue weighted by atomic mass is 16.5. The summed E-state index contributed by atoms with van der Waals surface area (Å²) in [4.78, 5) is 27.8. The van der Waals surface area contributed by atoms with Crippen molar-refractivity contribution in [1.82, 2.24) is 4.98 Å². The quantitative estimate of drug-likeness (QED) is 0.596. The number of carbonyl (C=O) groups excluding carboxylic acids is 1. The van der Waals surface area contributed by atoms with Gasteiger partial charge in [0.1, 0.15) is 5.75 Å². The second-order valence-corrected chi connectivity index (χ2v) is 8.00. The highest BCUT2D eigenvalue weighted by Crippen LogP contribution is 2.32. The maximum absolute atomic E-state index is 12.8. The molecule has 5 heteroatoms. The summed E-state index contributed by atoms with van der Waals surface area (Å²) in [5.74, 6) is -1.51. The highest BCUT2D eigenvalue weighted by molar-refractivity contribution is 6.00. The number of aromatic amines is 1. The minimum Gasteiger partial charge on any atom is -0.497 e. The molecule has 0 aliphatic heterocycles. The number of nitrogens with one attached hydrogen (secondary N) is 1. The smallest absolute Gasteiger partial charge is 0.311 e. The van der Waals surface area contributed by atoms with E-state index in [1.807, 2.05) is 18.2 Å². The first-order valence-corrected chi connectivity index (χ1v) is 9.22. The van der Waals surface area contributed by atoms with E-state index >= 15 is 0 Å². The molecule has 0 fully saturated rings. The van der Waals surface area contributed by atoms with Crippen LogP contribution >= 0.6 is 0 Å². The Bertz CT molecular complexity index is 1010. The number of benzene rings is 2. The fourth-order valence-electron chi connectivity index (χ4n) is 3.33. The third-order valence-electron chi connectivity index (χ3n) is 5.06. The molecule has 0 saturated carbocycles. The molecule has 2 N–H and O–H groups in total. The summed E-state index contributed by atoms with van der Waals surface area (Å²) in [5, 5.41) is 10.5. The van der Waals surface area contributed by atoms with Gasteiger partial charge >= 0.3 is 5.97 Å². The number of hydrogen-bond acceptors (Lipinski definition) is 3. The van der Waals surface area contributed by atoms with Crippen molar-refractivity contribution in [3.05, 3.63) is 65.4 Å². The highest BCUT2D eigenvalue weighted by Gasteiger charge is 2.27. The van der Waals surface area contributed by atoms with E-state index in [0.29, 0.717) is 16.9 Å². The summed E-state index contributed by atoms with van der Waals surface area (Å²) in [6.07, 6.45) is 1.56. The summed E-state index contributed by atoms with van der Waals surface area (Å²) < 4.78 is 5.25. The van der Waals surface area contributed by atoms with Gasteiger partial charge in [-0.25, -0.2) is 0 Å². The number of ketones is 1. The molecule has 3 rings (SSSR count). The molecule has 3 aromatic rings. The first-order chi connectivity index (χ1) is 13.2. The van der Waals surface area contributed by atoms with Gasteiger partial charge in [-0.2, -0.15) is 0 Å². The molecule has 0 radical (unpaired) electrons. The SMILES string of the molecule is COc1ccc2[nH]cc(C(CC(=O)c3ccc(C(C)(C)C)cc3)C(=O)O)c2c1. The van der Waals surface area contributed by atoms with Crippen LogP contribution in [0.25, 0.3) is 10.9 Å². The number of aliphatic carboxylic acids is 1. The second-order valence-electron chi connectivity index (χ2n) is 8.00. The van der Waals surface area contributed by atoms with E-state index in [1.54, 1.807) is 37.6 Å². The van der Waals surface area contributed by atoms with Crippen molar-refractivity contribution in [2.45, 2.75) is 38.5 Å². The van der Waals surface area contributed by atoms with Crippen molar-refractivity contribution < 1.29 is 19.4 Å². The molecule has 5 nitrogen and oxygen atoms in total. The van der Waals surface area contributed by atoms with Crippen LogP contribution in [0.2, 0.25) is 0 Å². The van der Waals surface area contributed by atoms with E-state index in [2.05, 4.69) is 25.8 Å². The molecule has 0 spiro atoms. The summed E-state index contributed by atoms with van der Waals surface area (Å²) in [6.45, 7) is 6.32. The van der Waals surface area contributed by atoms with Crippen molar-refractivity contribution >= 4 is 22.7 Å². The average Bonchev–Trinajstić information content (AvgIpc) is 3.07. The predicted molar refractivity (Wildman–Crippen MR) is 109 cm³/mol. The molecule has 1 atom stereocenters. The first kappa shape index (κ1) is 19.7. The van der Waals surface area contributed by atoms with Crippen molar-refractivity contribution in [1.29, 1.82) is 0 Å². The maximum atomic E-state index is 12.8. The van der Waals surface area contributed by atoms with E-state index in [1.165, 1.54) is 0 Å². The Morgan fingerprint density at radius 2 is 1.79 bits per heavy atom. The minimum absolute atomic E-state index is 0.00568. The van der Waals surface area contributed by atoms with Crippen molar-refractivity contribution in [2.75, 3.05) is 7.11 Å². The molecule has 0 amide bonds. The van der Waals surface area contributed by atoms with Crippen LogP contribution in [0.4, 0.5) is 0 Å². The summed E-state index contributed by atoms with van der Waals surface area (Å²) in [5.41, 5.74) is 3.04. The molecular weight excluding hydrogens is 354 g/mol. The Labute approximate surface area is 164 Å². The first-order valence-electron chi connectivity index (χ1n) is 9.22. The van der Waals surface area contributed by atoms with E-state index < -0.39 is 11.9 Å². The number of ether oxygens (including phenoxy) is 1. The Morgan fingerprint density at radius 1 is 1.11 bits per heavy atom. The zero-order chi connectivity index (χ0) is 20.5. The van der Waals surface area contributed by atoms with Gasteiger partial charge in [-0.1, -0.05) is 45.0 Å². The zero-order valence-corrected chi connectivity index (χ0v) is 16.6. The molecule has 146 valence electrons. The van der Waals surface area contributed by atoms with Crippen LogP contribution in [0.5, 0.6) is 5.75 Å². The average molecular weight is 379 g/mol. The topological polar surface area (TPSA) is 79.4 Å². The molecule has 1 heterocycles. The monoisotopic (exact) mass is 379 g/mol. The molecule has 0 bridgehead atoms. The Morgan fingerprint density at radius 3 is 2.36 bits per heavy atom. The summed E-state index contributed by atoms with van der Waals surface area (Å²) in [7, 11) is 1.56. The van der Waals surface area contributed by atoms with Gasteiger partial charge in [0.25, 0.3) is 0 Å².